The van der Waals surface area contributed by atoms with Crippen LogP contribution in [0.25, 0.3) is 10.8 Å². The van der Waals surface area contributed by atoms with Crippen molar-refractivity contribution in [3.05, 3.63) is 42.0 Å². The third kappa shape index (κ3) is 2.09. The highest BCUT2D eigenvalue weighted by Gasteiger charge is 2.39. The summed E-state index contributed by atoms with van der Waals surface area (Å²) in [5, 5.41) is 2.44. The van der Waals surface area contributed by atoms with Gasteiger partial charge in [-0.05, 0) is 41.4 Å². The standard InChI is InChI=1S/C16H19NO2/c1-18-15-5-3-12-8-14(4-2-13(12)9-15)16(6-7-17)10-19-11-16/h2-5,8-9H,6-7,10-11,17H2,1H3. The lowest BCUT2D eigenvalue weighted by molar-refractivity contribution is -0.0630. The average molecular weight is 257 g/mol. The highest BCUT2D eigenvalue weighted by Crippen LogP contribution is 2.37. The van der Waals surface area contributed by atoms with Crippen molar-refractivity contribution in [1.29, 1.82) is 0 Å². The van der Waals surface area contributed by atoms with E-state index in [4.69, 9.17) is 15.2 Å². The molecule has 0 aromatic heterocycles. The molecule has 1 heterocycles. The number of nitrogens with two attached hydrogens (primary N) is 1. The van der Waals surface area contributed by atoms with Crippen molar-refractivity contribution >= 4 is 10.8 Å². The van der Waals surface area contributed by atoms with Gasteiger partial charge in [0.1, 0.15) is 5.75 Å². The minimum atomic E-state index is 0.128. The number of hydrogen-bond acceptors (Lipinski definition) is 3. The molecule has 3 heteroatoms. The molecular weight excluding hydrogens is 238 g/mol. The monoisotopic (exact) mass is 257 g/mol. The SMILES string of the molecule is COc1ccc2cc(C3(CCN)COC3)ccc2c1. The molecule has 1 fully saturated rings. The summed E-state index contributed by atoms with van der Waals surface area (Å²) < 4.78 is 10.7. The van der Waals surface area contributed by atoms with Gasteiger partial charge in [0.25, 0.3) is 0 Å². The molecule has 0 aliphatic carbocycles. The maximum atomic E-state index is 5.74. The van der Waals surface area contributed by atoms with Crippen LogP contribution < -0.4 is 10.5 Å². The molecule has 0 radical (unpaired) electrons. The summed E-state index contributed by atoms with van der Waals surface area (Å²) in [7, 11) is 1.69. The number of hydrogen-bond donors (Lipinski definition) is 1. The van der Waals surface area contributed by atoms with Gasteiger partial charge in [-0.25, -0.2) is 0 Å². The normalized spacial score (nSPS) is 17.2. The molecule has 19 heavy (non-hydrogen) atoms. The Kier molecular flexibility index (Phi) is 3.17. The fraction of sp³-hybridized carbons (Fsp3) is 0.375. The molecule has 0 amide bonds. The predicted molar refractivity (Wildman–Crippen MR) is 76.7 cm³/mol. The summed E-state index contributed by atoms with van der Waals surface area (Å²) in [5.74, 6) is 0.892. The van der Waals surface area contributed by atoms with Gasteiger partial charge in [-0.15, -0.1) is 0 Å². The Labute approximate surface area is 113 Å². The van der Waals surface area contributed by atoms with Crippen molar-refractivity contribution in [2.75, 3.05) is 26.9 Å². The molecule has 1 saturated heterocycles. The highest BCUT2D eigenvalue weighted by molar-refractivity contribution is 5.84. The van der Waals surface area contributed by atoms with Gasteiger partial charge in [0, 0.05) is 5.41 Å². The summed E-state index contributed by atoms with van der Waals surface area (Å²) in [6.07, 6.45) is 0.981. The largest absolute Gasteiger partial charge is 0.497 e. The molecule has 2 aromatic carbocycles. The number of rotatable bonds is 4. The predicted octanol–water partition coefficient (Wildman–Crippen LogP) is 2.47. The van der Waals surface area contributed by atoms with Crippen LogP contribution in [0.5, 0.6) is 5.75 Å². The van der Waals surface area contributed by atoms with Crippen LogP contribution in [0.4, 0.5) is 0 Å². The lowest BCUT2D eigenvalue weighted by atomic mass is 9.75. The zero-order valence-corrected chi connectivity index (χ0v) is 11.2. The third-order valence-electron chi connectivity index (χ3n) is 4.04. The smallest absolute Gasteiger partial charge is 0.119 e. The molecular formula is C16H19NO2. The van der Waals surface area contributed by atoms with E-state index in [1.54, 1.807) is 7.11 Å². The first kappa shape index (κ1) is 12.5. The second-order valence-corrected chi connectivity index (χ2v) is 5.24. The van der Waals surface area contributed by atoms with E-state index in [1.807, 2.05) is 6.07 Å². The number of benzene rings is 2. The molecule has 0 atom stereocenters. The van der Waals surface area contributed by atoms with E-state index in [9.17, 15) is 0 Å². The fourth-order valence-electron chi connectivity index (χ4n) is 2.76. The molecule has 1 aliphatic rings. The summed E-state index contributed by atoms with van der Waals surface area (Å²) in [6, 6.07) is 12.8. The summed E-state index contributed by atoms with van der Waals surface area (Å²) in [4.78, 5) is 0. The Morgan fingerprint density at radius 2 is 1.89 bits per heavy atom. The van der Waals surface area contributed by atoms with Crippen molar-refractivity contribution in [2.45, 2.75) is 11.8 Å². The molecule has 2 aromatic rings. The minimum Gasteiger partial charge on any atom is -0.497 e. The quantitative estimate of drug-likeness (QED) is 0.915. The maximum absolute atomic E-state index is 5.74. The van der Waals surface area contributed by atoms with E-state index >= 15 is 0 Å². The second-order valence-electron chi connectivity index (χ2n) is 5.24. The highest BCUT2D eigenvalue weighted by atomic mass is 16.5. The molecule has 1 aliphatic heterocycles. The van der Waals surface area contributed by atoms with E-state index < -0.39 is 0 Å². The van der Waals surface area contributed by atoms with Crippen molar-refractivity contribution < 1.29 is 9.47 Å². The first-order valence-electron chi connectivity index (χ1n) is 6.63. The zero-order valence-electron chi connectivity index (χ0n) is 11.2. The van der Waals surface area contributed by atoms with Crippen molar-refractivity contribution in [1.82, 2.24) is 0 Å². The van der Waals surface area contributed by atoms with Crippen LogP contribution in [0.1, 0.15) is 12.0 Å². The summed E-state index contributed by atoms with van der Waals surface area (Å²) in [6.45, 7) is 2.27. The summed E-state index contributed by atoms with van der Waals surface area (Å²) >= 11 is 0. The molecule has 3 nitrogen and oxygen atoms in total. The van der Waals surface area contributed by atoms with Gasteiger partial charge in [-0.2, -0.15) is 0 Å². The topological polar surface area (TPSA) is 44.5 Å². The summed E-state index contributed by atoms with van der Waals surface area (Å²) in [5.41, 5.74) is 7.20. The Hall–Kier alpha value is -1.58. The average Bonchev–Trinajstić information content (AvgIpc) is 2.41. The van der Waals surface area contributed by atoms with Gasteiger partial charge < -0.3 is 15.2 Å². The minimum absolute atomic E-state index is 0.128. The van der Waals surface area contributed by atoms with Crippen LogP contribution in [-0.2, 0) is 10.2 Å². The Balaban J connectivity index is 2.01. The molecule has 0 bridgehead atoms. The Bertz CT molecular complexity index is 590. The van der Waals surface area contributed by atoms with E-state index in [-0.39, 0.29) is 5.41 Å². The van der Waals surface area contributed by atoms with Crippen LogP contribution in [0.2, 0.25) is 0 Å². The first-order chi connectivity index (χ1) is 9.27. The van der Waals surface area contributed by atoms with Gasteiger partial charge in [-0.3, -0.25) is 0 Å². The van der Waals surface area contributed by atoms with Crippen molar-refractivity contribution in [3.63, 3.8) is 0 Å². The maximum Gasteiger partial charge on any atom is 0.119 e. The first-order valence-corrected chi connectivity index (χ1v) is 6.63. The van der Waals surface area contributed by atoms with Crippen molar-refractivity contribution in [2.24, 2.45) is 5.73 Å². The molecule has 0 unspecified atom stereocenters. The zero-order chi connectivity index (χ0) is 13.3. The number of fused-ring (bicyclic) bond motifs is 1. The van der Waals surface area contributed by atoms with Crippen LogP contribution in [-0.4, -0.2) is 26.9 Å². The van der Waals surface area contributed by atoms with Gasteiger partial charge in [-0.1, -0.05) is 24.3 Å². The third-order valence-corrected chi connectivity index (χ3v) is 4.04. The lowest BCUT2D eigenvalue weighted by Gasteiger charge is -2.42. The molecule has 100 valence electrons. The number of methoxy groups -OCH3 is 1. The van der Waals surface area contributed by atoms with Gasteiger partial charge in [0.05, 0.1) is 20.3 Å². The van der Waals surface area contributed by atoms with Crippen LogP contribution in [0, 0.1) is 0 Å². The number of ether oxygens (including phenoxy) is 2. The van der Waals surface area contributed by atoms with E-state index in [0.29, 0.717) is 6.54 Å². The van der Waals surface area contributed by atoms with Gasteiger partial charge in [0.2, 0.25) is 0 Å². The van der Waals surface area contributed by atoms with E-state index in [2.05, 4.69) is 30.3 Å². The second kappa shape index (κ2) is 4.83. The molecule has 0 saturated carbocycles. The van der Waals surface area contributed by atoms with E-state index in [0.717, 1.165) is 25.4 Å². The van der Waals surface area contributed by atoms with Gasteiger partial charge in [0.15, 0.2) is 0 Å². The van der Waals surface area contributed by atoms with Crippen LogP contribution >= 0.6 is 0 Å². The van der Waals surface area contributed by atoms with Crippen LogP contribution in [0.3, 0.4) is 0 Å². The Morgan fingerprint density at radius 1 is 1.16 bits per heavy atom. The Morgan fingerprint density at radius 3 is 2.53 bits per heavy atom. The lowest BCUT2D eigenvalue weighted by Crippen LogP contribution is -2.48. The van der Waals surface area contributed by atoms with Crippen LogP contribution in [0.15, 0.2) is 36.4 Å². The molecule has 3 rings (SSSR count). The van der Waals surface area contributed by atoms with Crippen molar-refractivity contribution in [3.8, 4) is 5.75 Å². The fourth-order valence-corrected chi connectivity index (χ4v) is 2.76. The van der Waals surface area contributed by atoms with Gasteiger partial charge >= 0.3 is 0 Å². The molecule has 0 spiro atoms. The van der Waals surface area contributed by atoms with E-state index in [1.165, 1.54) is 16.3 Å². The molecule has 2 N–H and O–H groups in total.